The Morgan fingerprint density at radius 1 is 1.29 bits per heavy atom. The van der Waals surface area contributed by atoms with Crippen LogP contribution < -0.4 is 10.5 Å². The Morgan fingerprint density at radius 3 is 2.88 bits per heavy atom. The first-order chi connectivity index (χ1) is 8.18. The summed E-state index contributed by atoms with van der Waals surface area (Å²) in [7, 11) is 0. The number of nitrogens with two attached hydrogens (primary N) is 1. The van der Waals surface area contributed by atoms with Crippen molar-refractivity contribution in [3.63, 3.8) is 0 Å². The molecule has 0 bridgehead atoms. The number of para-hydroxylation sites is 1. The van der Waals surface area contributed by atoms with Crippen molar-refractivity contribution in [1.82, 2.24) is 4.98 Å². The molecule has 4 heteroatoms. The molecule has 0 unspecified atom stereocenters. The van der Waals surface area contributed by atoms with Gasteiger partial charge < -0.3 is 15.6 Å². The number of hydrogen-bond donors (Lipinski definition) is 2. The molecule has 1 aromatic carbocycles. The number of nitrogen functional groups attached to an aromatic ring is 1. The number of aromatic nitrogens is 1. The van der Waals surface area contributed by atoms with Gasteiger partial charge in [0.25, 0.3) is 0 Å². The first kappa shape index (κ1) is 11.3. The van der Waals surface area contributed by atoms with Crippen LogP contribution in [0, 0.1) is 6.92 Å². The molecule has 0 atom stereocenters. The van der Waals surface area contributed by atoms with Gasteiger partial charge in [-0.15, -0.1) is 0 Å². The Balaban J connectivity index is 2.13. The van der Waals surface area contributed by atoms with Crippen LogP contribution in [0.25, 0.3) is 0 Å². The lowest BCUT2D eigenvalue weighted by Gasteiger charge is -2.10. The molecule has 0 aliphatic rings. The Hall–Kier alpha value is -2.23. The van der Waals surface area contributed by atoms with Crippen LogP contribution in [0.3, 0.4) is 0 Å². The number of aromatic hydroxyl groups is 1. The number of rotatable bonds is 3. The van der Waals surface area contributed by atoms with E-state index in [1.807, 2.05) is 19.1 Å². The molecule has 0 saturated carbocycles. The summed E-state index contributed by atoms with van der Waals surface area (Å²) >= 11 is 0. The summed E-state index contributed by atoms with van der Waals surface area (Å²) in [4.78, 5) is 4.22. The first-order valence-electron chi connectivity index (χ1n) is 5.29. The molecular formula is C13H14N2O2. The number of nitrogens with zero attached hydrogens (tertiary/aromatic N) is 1. The Labute approximate surface area is 99.7 Å². The van der Waals surface area contributed by atoms with Crippen LogP contribution in [0.4, 0.5) is 5.69 Å². The molecule has 17 heavy (non-hydrogen) atoms. The van der Waals surface area contributed by atoms with Gasteiger partial charge in [-0.3, -0.25) is 4.98 Å². The van der Waals surface area contributed by atoms with Gasteiger partial charge in [-0.2, -0.15) is 0 Å². The monoisotopic (exact) mass is 230 g/mol. The zero-order valence-corrected chi connectivity index (χ0v) is 9.55. The van der Waals surface area contributed by atoms with Crippen molar-refractivity contribution < 1.29 is 9.84 Å². The summed E-state index contributed by atoms with van der Waals surface area (Å²) in [5.74, 6) is 0.496. The fourth-order valence-corrected chi connectivity index (χ4v) is 1.47. The molecule has 2 rings (SSSR count). The highest BCUT2D eigenvalue weighted by Crippen LogP contribution is 2.30. The Morgan fingerprint density at radius 2 is 2.12 bits per heavy atom. The third-order valence-corrected chi connectivity index (χ3v) is 2.53. The molecule has 0 aliphatic carbocycles. The second-order valence-corrected chi connectivity index (χ2v) is 3.74. The van der Waals surface area contributed by atoms with Crippen molar-refractivity contribution >= 4 is 5.69 Å². The van der Waals surface area contributed by atoms with Crippen molar-refractivity contribution in [1.29, 1.82) is 0 Å². The first-order valence-corrected chi connectivity index (χ1v) is 5.29. The quantitative estimate of drug-likeness (QED) is 0.627. The van der Waals surface area contributed by atoms with Gasteiger partial charge in [0.15, 0.2) is 0 Å². The summed E-state index contributed by atoms with van der Waals surface area (Å²) < 4.78 is 5.54. The van der Waals surface area contributed by atoms with Gasteiger partial charge in [-0.25, -0.2) is 0 Å². The molecular weight excluding hydrogens is 216 g/mol. The predicted octanol–water partition coefficient (Wildman–Crippen LogP) is 2.26. The van der Waals surface area contributed by atoms with Crippen molar-refractivity contribution in [2.75, 3.05) is 5.73 Å². The molecule has 1 heterocycles. The third-order valence-electron chi connectivity index (χ3n) is 2.53. The predicted molar refractivity (Wildman–Crippen MR) is 65.8 cm³/mol. The van der Waals surface area contributed by atoms with Crippen LogP contribution in [-0.4, -0.2) is 10.1 Å². The van der Waals surface area contributed by atoms with Gasteiger partial charge in [0.1, 0.15) is 23.8 Å². The Kier molecular flexibility index (Phi) is 3.14. The van der Waals surface area contributed by atoms with E-state index in [2.05, 4.69) is 4.98 Å². The maximum absolute atomic E-state index is 9.43. The lowest BCUT2D eigenvalue weighted by atomic mass is 10.2. The normalized spacial score (nSPS) is 10.2. The zero-order chi connectivity index (χ0) is 12.3. The highest BCUT2D eigenvalue weighted by atomic mass is 16.5. The summed E-state index contributed by atoms with van der Waals surface area (Å²) in [5.41, 5.74) is 7.86. The van der Waals surface area contributed by atoms with Crippen molar-refractivity contribution in [2.24, 2.45) is 0 Å². The van der Waals surface area contributed by atoms with Gasteiger partial charge in [0.2, 0.25) is 0 Å². The van der Waals surface area contributed by atoms with Gasteiger partial charge >= 0.3 is 0 Å². The number of aryl methyl sites for hydroxylation is 1. The van der Waals surface area contributed by atoms with Gasteiger partial charge in [0.05, 0.1) is 5.69 Å². The molecule has 0 spiro atoms. The largest absolute Gasteiger partial charge is 0.506 e. The summed E-state index contributed by atoms with van der Waals surface area (Å²) in [6.45, 7) is 2.30. The molecule has 0 fully saturated rings. The maximum Gasteiger partial charge on any atom is 0.146 e. The van der Waals surface area contributed by atoms with Crippen LogP contribution in [-0.2, 0) is 6.61 Å². The van der Waals surface area contributed by atoms with Gasteiger partial charge in [-0.1, -0.05) is 12.1 Å². The molecule has 1 aromatic heterocycles. The molecule has 2 aromatic rings. The number of ether oxygens (including phenoxy) is 1. The van der Waals surface area contributed by atoms with Crippen molar-refractivity contribution in [2.45, 2.75) is 13.5 Å². The maximum atomic E-state index is 9.43. The number of benzene rings is 1. The molecule has 0 radical (unpaired) electrons. The van der Waals surface area contributed by atoms with E-state index < -0.39 is 0 Å². The lowest BCUT2D eigenvalue weighted by Crippen LogP contribution is -2.02. The Bertz CT molecular complexity index is 527. The smallest absolute Gasteiger partial charge is 0.146 e. The summed E-state index contributed by atoms with van der Waals surface area (Å²) in [6, 6.07) is 8.77. The molecule has 4 nitrogen and oxygen atoms in total. The number of pyridine rings is 1. The number of phenols is 1. The minimum atomic E-state index is 0.0280. The highest BCUT2D eigenvalue weighted by Gasteiger charge is 2.06. The van der Waals surface area contributed by atoms with Crippen LogP contribution in [0.15, 0.2) is 36.5 Å². The molecule has 0 amide bonds. The van der Waals surface area contributed by atoms with E-state index in [9.17, 15) is 5.11 Å². The second kappa shape index (κ2) is 4.74. The van der Waals surface area contributed by atoms with E-state index in [0.717, 1.165) is 11.3 Å². The summed E-state index contributed by atoms with van der Waals surface area (Å²) in [6.07, 6.45) is 1.72. The number of hydrogen-bond acceptors (Lipinski definition) is 4. The SMILES string of the molecule is Cc1cccnc1COc1cccc(O)c1N. The van der Waals surface area contributed by atoms with Gasteiger partial charge in [0, 0.05) is 6.20 Å². The van der Waals surface area contributed by atoms with E-state index in [1.54, 1.807) is 18.3 Å². The van der Waals surface area contributed by atoms with Crippen LogP contribution in [0.2, 0.25) is 0 Å². The number of anilines is 1. The van der Waals surface area contributed by atoms with Crippen LogP contribution >= 0.6 is 0 Å². The minimum Gasteiger partial charge on any atom is -0.506 e. The fourth-order valence-electron chi connectivity index (χ4n) is 1.47. The minimum absolute atomic E-state index is 0.0280. The fraction of sp³-hybridized carbons (Fsp3) is 0.154. The molecule has 0 saturated heterocycles. The molecule has 3 N–H and O–H groups in total. The van der Waals surface area contributed by atoms with Gasteiger partial charge in [-0.05, 0) is 30.7 Å². The average molecular weight is 230 g/mol. The van der Waals surface area contributed by atoms with Crippen LogP contribution in [0.5, 0.6) is 11.5 Å². The number of phenolic OH excluding ortho intramolecular Hbond substituents is 1. The second-order valence-electron chi connectivity index (χ2n) is 3.74. The topological polar surface area (TPSA) is 68.4 Å². The van der Waals surface area contributed by atoms with E-state index in [4.69, 9.17) is 10.5 Å². The standard InChI is InChI=1S/C13H14N2O2/c1-9-4-3-7-15-10(9)8-17-12-6-2-5-11(16)13(12)14/h2-7,16H,8,14H2,1H3. The summed E-state index contributed by atoms with van der Waals surface area (Å²) in [5, 5.41) is 9.43. The van der Waals surface area contributed by atoms with Crippen molar-refractivity contribution in [3.8, 4) is 11.5 Å². The van der Waals surface area contributed by atoms with Crippen molar-refractivity contribution in [3.05, 3.63) is 47.8 Å². The van der Waals surface area contributed by atoms with E-state index >= 15 is 0 Å². The van der Waals surface area contributed by atoms with Crippen LogP contribution in [0.1, 0.15) is 11.3 Å². The molecule has 88 valence electrons. The molecule has 0 aliphatic heterocycles. The average Bonchev–Trinajstić information content (AvgIpc) is 2.33. The third kappa shape index (κ3) is 2.47. The van der Waals surface area contributed by atoms with E-state index in [-0.39, 0.29) is 11.4 Å². The van der Waals surface area contributed by atoms with E-state index in [0.29, 0.717) is 12.4 Å². The van der Waals surface area contributed by atoms with E-state index in [1.165, 1.54) is 6.07 Å². The lowest BCUT2D eigenvalue weighted by molar-refractivity contribution is 0.301. The zero-order valence-electron chi connectivity index (χ0n) is 9.55. The highest BCUT2D eigenvalue weighted by molar-refractivity contribution is 5.61.